The first-order valence-corrected chi connectivity index (χ1v) is 9.27. The molecule has 0 atom stereocenters. The summed E-state index contributed by atoms with van der Waals surface area (Å²) in [4.78, 5) is 4.31. The maximum Gasteiger partial charge on any atom is 0.525 e. The zero-order valence-corrected chi connectivity index (χ0v) is 16.7. The van der Waals surface area contributed by atoms with Gasteiger partial charge in [0.15, 0.2) is 0 Å². The van der Waals surface area contributed by atoms with Crippen LogP contribution in [0.5, 0.6) is 0 Å². The predicted molar refractivity (Wildman–Crippen MR) is 109 cm³/mol. The largest absolute Gasteiger partial charge is 0.525 e. The number of hydrogen-bond acceptors (Lipinski definition) is 4. The minimum absolute atomic E-state index is 0.442. The van der Waals surface area contributed by atoms with Gasteiger partial charge in [0.05, 0.1) is 29.1 Å². The van der Waals surface area contributed by atoms with Gasteiger partial charge in [0, 0.05) is 24.2 Å². The second-order valence-corrected chi connectivity index (χ2v) is 8.13. The lowest BCUT2D eigenvalue weighted by Crippen LogP contribution is -2.41. The summed E-state index contributed by atoms with van der Waals surface area (Å²) >= 11 is 0. The van der Waals surface area contributed by atoms with Crippen LogP contribution in [0, 0.1) is 0 Å². The second-order valence-electron chi connectivity index (χ2n) is 8.13. The average molecular weight is 379 g/mol. The van der Waals surface area contributed by atoms with Crippen molar-refractivity contribution in [2.24, 2.45) is 7.05 Å². The molecule has 144 valence electrons. The predicted octanol–water partition coefficient (Wildman–Crippen LogP) is 4.58. The fourth-order valence-corrected chi connectivity index (χ4v) is 3.23. The Labute approximate surface area is 164 Å². The Bertz CT molecular complexity index is 1040. The molecule has 1 fully saturated rings. The first-order chi connectivity index (χ1) is 13.2. The highest BCUT2D eigenvalue weighted by atomic mass is 19.1. The number of aromatic nitrogens is 3. The van der Waals surface area contributed by atoms with Crippen molar-refractivity contribution in [2.45, 2.75) is 38.9 Å². The van der Waals surface area contributed by atoms with Crippen LogP contribution < -0.4 is 0 Å². The van der Waals surface area contributed by atoms with Crippen LogP contribution in [0.3, 0.4) is 0 Å². The second kappa shape index (κ2) is 6.53. The molecule has 0 radical (unpaired) electrons. The van der Waals surface area contributed by atoms with Crippen molar-refractivity contribution in [3.05, 3.63) is 54.1 Å². The van der Waals surface area contributed by atoms with E-state index in [1.807, 2.05) is 71.4 Å². The van der Waals surface area contributed by atoms with Crippen LogP contribution in [-0.4, -0.2) is 33.1 Å². The molecule has 28 heavy (non-hydrogen) atoms. The zero-order chi connectivity index (χ0) is 20.1. The maximum atomic E-state index is 14.7. The summed E-state index contributed by atoms with van der Waals surface area (Å²) in [6.07, 6.45) is 6.90. The molecule has 1 aliphatic rings. The van der Waals surface area contributed by atoms with Gasteiger partial charge in [-0.15, -0.1) is 0 Å². The summed E-state index contributed by atoms with van der Waals surface area (Å²) in [5.74, 6) is 0. The van der Waals surface area contributed by atoms with Crippen molar-refractivity contribution >= 4 is 24.1 Å². The van der Waals surface area contributed by atoms with Gasteiger partial charge < -0.3 is 9.31 Å². The molecule has 0 unspecified atom stereocenters. The van der Waals surface area contributed by atoms with Crippen LogP contribution in [-0.2, 0) is 16.4 Å². The Hall–Kier alpha value is -2.51. The minimum atomic E-state index is -0.988. The summed E-state index contributed by atoms with van der Waals surface area (Å²) in [7, 11) is 0.901. The highest BCUT2D eigenvalue weighted by Gasteiger charge is 2.53. The molecule has 0 aliphatic carbocycles. The number of rotatable bonds is 3. The topological polar surface area (TPSA) is 49.2 Å². The molecule has 3 aromatic rings. The van der Waals surface area contributed by atoms with Gasteiger partial charge in [0.25, 0.3) is 0 Å². The highest BCUT2D eigenvalue weighted by Crippen LogP contribution is 2.39. The maximum absolute atomic E-state index is 14.7. The summed E-state index contributed by atoms with van der Waals surface area (Å²) in [6.45, 7) is 7.62. The highest BCUT2D eigenvalue weighted by molar-refractivity contribution is 6.54. The van der Waals surface area contributed by atoms with Gasteiger partial charge in [-0.05, 0) is 44.9 Å². The van der Waals surface area contributed by atoms with Gasteiger partial charge in [-0.1, -0.05) is 24.3 Å². The van der Waals surface area contributed by atoms with Gasteiger partial charge in [-0.3, -0.25) is 9.67 Å². The van der Waals surface area contributed by atoms with E-state index < -0.39 is 24.0 Å². The molecule has 0 saturated carbocycles. The smallest absolute Gasteiger partial charge is 0.398 e. The van der Waals surface area contributed by atoms with Crippen molar-refractivity contribution in [3.63, 3.8) is 0 Å². The molecule has 7 heteroatoms. The van der Waals surface area contributed by atoms with E-state index in [-0.39, 0.29) is 0 Å². The van der Waals surface area contributed by atoms with E-state index in [2.05, 4.69) is 10.1 Å². The molecular formula is C21H23BFN3O2. The van der Waals surface area contributed by atoms with Crippen LogP contribution in [0.25, 0.3) is 28.1 Å². The van der Waals surface area contributed by atoms with Gasteiger partial charge >= 0.3 is 7.12 Å². The van der Waals surface area contributed by atoms with Gasteiger partial charge in [-0.2, -0.15) is 5.10 Å². The molecule has 1 aliphatic heterocycles. The van der Waals surface area contributed by atoms with E-state index in [1.54, 1.807) is 10.9 Å². The van der Waals surface area contributed by atoms with Gasteiger partial charge in [0.1, 0.15) is 5.73 Å². The van der Waals surface area contributed by atoms with E-state index in [9.17, 15) is 4.39 Å². The molecule has 0 spiro atoms. The summed E-state index contributed by atoms with van der Waals surface area (Å²) in [5, 5.41) is 5.33. The van der Waals surface area contributed by atoms with Crippen LogP contribution in [0.1, 0.15) is 33.3 Å². The standard InChI is InChI=1S/C21H23BFN3O2/c1-20(2)21(3,4)28-22(27-20)19(23)10-14-6-8-15(9-7-14)16-11-24-13-18-17(16)12-25-26(18)5/h6-13H,1-5H3. The third kappa shape index (κ3) is 3.14. The Morgan fingerprint density at radius 1 is 1.04 bits per heavy atom. The molecule has 3 heterocycles. The van der Waals surface area contributed by atoms with Crippen LogP contribution in [0.15, 0.2) is 48.6 Å². The number of hydrogen-bond donors (Lipinski definition) is 0. The summed E-state index contributed by atoms with van der Waals surface area (Å²) < 4.78 is 28.0. The monoisotopic (exact) mass is 379 g/mol. The van der Waals surface area contributed by atoms with Crippen LogP contribution in [0.4, 0.5) is 4.39 Å². The van der Waals surface area contributed by atoms with Crippen molar-refractivity contribution in [2.75, 3.05) is 0 Å². The average Bonchev–Trinajstić information content (AvgIpc) is 3.12. The molecule has 0 N–H and O–H groups in total. The normalized spacial score (nSPS) is 18.8. The number of pyridine rings is 1. The van der Waals surface area contributed by atoms with Crippen LogP contribution in [0.2, 0.25) is 0 Å². The Balaban J connectivity index is 1.59. The molecule has 5 nitrogen and oxygen atoms in total. The molecule has 0 bridgehead atoms. The molecule has 1 aromatic carbocycles. The molecule has 2 aromatic heterocycles. The fraction of sp³-hybridized carbons (Fsp3) is 0.333. The van der Waals surface area contributed by atoms with Crippen molar-refractivity contribution < 1.29 is 13.7 Å². The quantitative estimate of drug-likeness (QED) is 0.626. The van der Waals surface area contributed by atoms with Crippen LogP contribution >= 0.6 is 0 Å². The van der Waals surface area contributed by atoms with E-state index in [1.165, 1.54) is 6.08 Å². The molecular weight excluding hydrogens is 356 g/mol. The molecule has 1 saturated heterocycles. The van der Waals surface area contributed by atoms with E-state index in [0.717, 1.165) is 27.6 Å². The number of aryl methyl sites for hydroxylation is 1. The van der Waals surface area contributed by atoms with Gasteiger partial charge in [0.2, 0.25) is 0 Å². The number of benzene rings is 1. The summed E-state index contributed by atoms with van der Waals surface area (Å²) in [6, 6.07) is 7.64. The fourth-order valence-electron chi connectivity index (χ4n) is 3.23. The zero-order valence-electron chi connectivity index (χ0n) is 16.7. The number of nitrogens with zero attached hydrogens (tertiary/aromatic N) is 3. The van der Waals surface area contributed by atoms with E-state index in [4.69, 9.17) is 9.31 Å². The summed E-state index contributed by atoms with van der Waals surface area (Å²) in [5.41, 5.74) is 2.12. The lowest BCUT2D eigenvalue weighted by Gasteiger charge is -2.32. The number of halogens is 1. The first-order valence-electron chi connectivity index (χ1n) is 9.27. The first kappa shape index (κ1) is 18.8. The third-order valence-electron chi connectivity index (χ3n) is 5.68. The Kier molecular flexibility index (Phi) is 4.40. The lowest BCUT2D eigenvalue weighted by atomic mass is 9.86. The van der Waals surface area contributed by atoms with Gasteiger partial charge in [-0.25, -0.2) is 4.39 Å². The molecule has 0 amide bonds. The Morgan fingerprint density at radius 2 is 1.68 bits per heavy atom. The van der Waals surface area contributed by atoms with E-state index in [0.29, 0.717) is 0 Å². The van der Waals surface area contributed by atoms with Crippen molar-refractivity contribution in [1.82, 2.24) is 14.8 Å². The SMILES string of the molecule is Cn1ncc2c(-c3ccc(C=C(F)B4OC(C)(C)C(C)(C)O4)cc3)cncc21. The van der Waals surface area contributed by atoms with Crippen molar-refractivity contribution in [1.29, 1.82) is 0 Å². The van der Waals surface area contributed by atoms with Crippen molar-refractivity contribution in [3.8, 4) is 11.1 Å². The lowest BCUT2D eigenvalue weighted by molar-refractivity contribution is 0.00578. The Morgan fingerprint density at radius 3 is 2.32 bits per heavy atom. The minimum Gasteiger partial charge on any atom is -0.398 e. The van der Waals surface area contributed by atoms with E-state index >= 15 is 0 Å². The third-order valence-corrected chi connectivity index (χ3v) is 5.68. The molecule has 4 rings (SSSR count). The number of fused-ring (bicyclic) bond motifs is 1.